The molecule has 0 aromatic carbocycles. The maximum Gasteiger partial charge on any atom is 0.286 e. The molecule has 0 radical (unpaired) electrons. The van der Waals surface area contributed by atoms with Crippen LogP contribution in [0.3, 0.4) is 0 Å². The van der Waals surface area contributed by atoms with Crippen LogP contribution in [0.2, 0.25) is 0 Å². The number of sulfonamides is 1. The molecule has 7 heteroatoms. The summed E-state index contributed by atoms with van der Waals surface area (Å²) in [5.41, 5.74) is 0. The van der Waals surface area contributed by atoms with Crippen molar-refractivity contribution in [3.63, 3.8) is 0 Å². The second kappa shape index (κ2) is 3.81. The number of rotatable bonds is 3. The molecule has 0 aliphatic heterocycles. The van der Waals surface area contributed by atoms with E-state index in [1.54, 1.807) is 0 Å². The SMILES string of the molecule is CNC(=O)c1ccc(S(=O)(=O)NC)o1. The highest BCUT2D eigenvalue weighted by Gasteiger charge is 2.18. The molecule has 0 saturated heterocycles. The zero-order chi connectivity index (χ0) is 10.8. The quantitative estimate of drug-likeness (QED) is 0.719. The molecule has 0 aliphatic rings. The summed E-state index contributed by atoms with van der Waals surface area (Å²) in [5, 5.41) is 2.04. The predicted octanol–water partition coefficient (Wildman–Crippen LogP) is -0.453. The van der Waals surface area contributed by atoms with E-state index in [1.165, 1.54) is 26.2 Å². The first-order valence-corrected chi connectivity index (χ1v) is 5.25. The molecule has 0 aliphatic carbocycles. The van der Waals surface area contributed by atoms with Gasteiger partial charge in [-0.15, -0.1) is 0 Å². The van der Waals surface area contributed by atoms with Gasteiger partial charge in [-0.1, -0.05) is 0 Å². The Hall–Kier alpha value is -1.34. The first-order chi connectivity index (χ1) is 6.51. The minimum Gasteiger partial charge on any atom is -0.438 e. The Morgan fingerprint density at radius 2 is 2.00 bits per heavy atom. The molecule has 78 valence electrons. The molecular formula is C7H10N2O4S. The Balaban J connectivity index is 3.06. The molecular weight excluding hydrogens is 208 g/mol. The van der Waals surface area contributed by atoms with Crippen LogP contribution in [0.1, 0.15) is 10.6 Å². The van der Waals surface area contributed by atoms with Gasteiger partial charge in [0.1, 0.15) is 0 Å². The average molecular weight is 218 g/mol. The predicted molar refractivity (Wildman–Crippen MR) is 48.3 cm³/mol. The topological polar surface area (TPSA) is 88.4 Å². The maximum absolute atomic E-state index is 11.2. The molecule has 6 nitrogen and oxygen atoms in total. The Morgan fingerprint density at radius 1 is 1.36 bits per heavy atom. The van der Waals surface area contributed by atoms with Crippen LogP contribution in [0.25, 0.3) is 0 Å². The number of carbonyl (C=O) groups excluding carboxylic acids is 1. The second-order valence-electron chi connectivity index (χ2n) is 2.41. The summed E-state index contributed by atoms with van der Waals surface area (Å²) in [5.74, 6) is -0.510. The molecule has 1 amide bonds. The Morgan fingerprint density at radius 3 is 2.50 bits per heavy atom. The van der Waals surface area contributed by atoms with Crippen molar-refractivity contribution < 1.29 is 17.6 Å². The van der Waals surface area contributed by atoms with Crippen molar-refractivity contribution in [1.82, 2.24) is 10.0 Å². The van der Waals surface area contributed by atoms with Gasteiger partial charge in [0.25, 0.3) is 15.9 Å². The molecule has 0 saturated carbocycles. The summed E-state index contributed by atoms with van der Waals surface area (Å²) in [6, 6.07) is 2.51. The van der Waals surface area contributed by atoms with Gasteiger partial charge >= 0.3 is 0 Å². The van der Waals surface area contributed by atoms with Crippen molar-refractivity contribution >= 4 is 15.9 Å². The lowest BCUT2D eigenvalue weighted by Gasteiger charge is -1.96. The zero-order valence-electron chi connectivity index (χ0n) is 7.70. The summed E-state index contributed by atoms with van der Waals surface area (Å²) in [7, 11) is -0.927. The Labute approximate surface area is 81.3 Å². The van der Waals surface area contributed by atoms with Gasteiger partial charge in [0.05, 0.1) is 0 Å². The van der Waals surface area contributed by atoms with E-state index < -0.39 is 15.9 Å². The van der Waals surface area contributed by atoms with Crippen LogP contribution in [0.4, 0.5) is 0 Å². The molecule has 1 heterocycles. The minimum absolute atomic E-state index is 0.0404. The minimum atomic E-state index is -3.62. The lowest BCUT2D eigenvalue weighted by atomic mass is 10.4. The van der Waals surface area contributed by atoms with Crippen molar-refractivity contribution in [2.24, 2.45) is 0 Å². The lowest BCUT2D eigenvalue weighted by molar-refractivity contribution is 0.0930. The summed E-state index contributed by atoms with van der Waals surface area (Å²) in [4.78, 5) is 11.0. The van der Waals surface area contributed by atoms with Crippen LogP contribution >= 0.6 is 0 Å². The van der Waals surface area contributed by atoms with E-state index in [0.29, 0.717) is 0 Å². The van der Waals surface area contributed by atoms with Crippen molar-refractivity contribution in [2.45, 2.75) is 5.09 Å². The van der Waals surface area contributed by atoms with Crippen molar-refractivity contribution in [3.8, 4) is 0 Å². The third-order valence-corrected chi connectivity index (χ3v) is 2.85. The van der Waals surface area contributed by atoms with Gasteiger partial charge in [0.15, 0.2) is 5.76 Å². The van der Waals surface area contributed by atoms with Gasteiger partial charge in [-0.3, -0.25) is 4.79 Å². The van der Waals surface area contributed by atoms with Crippen LogP contribution in [0.15, 0.2) is 21.6 Å². The molecule has 1 aromatic heterocycles. The molecule has 0 atom stereocenters. The van der Waals surface area contributed by atoms with E-state index in [0.717, 1.165) is 0 Å². The van der Waals surface area contributed by atoms with Gasteiger partial charge in [0.2, 0.25) is 5.09 Å². The fourth-order valence-corrected chi connectivity index (χ4v) is 1.46. The van der Waals surface area contributed by atoms with Crippen molar-refractivity contribution in [1.29, 1.82) is 0 Å². The van der Waals surface area contributed by atoms with Gasteiger partial charge in [-0.25, -0.2) is 13.1 Å². The smallest absolute Gasteiger partial charge is 0.286 e. The van der Waals surface area contributed by atoms with E-state index >= 15 is 0 Å². The van der Waals surface area contributed by atoms with Crippen LogP contribution in [0, 0.1) is 0 Å². The highest BCUT2D eigenvalue weighted by molar-refractivity contribution is 7.89. The molecule has 1 rings (SSSR count). The van der Waals surface area contributed by atoms with Crippen molar-refractivity contribution in [3.05, 3.63) is 17.9 Å². The van der Waals surface area contributed by atoms with Gasteiger partial charge in [0, 0.05) is 7.05 Å². The third-order valence-electron chi connectivity index (χ3n) is 1.57. The van der Waals surface area contributed by atoms with E-state index in [2.05, 4.69) is 10.0 Å². The zero-order valence-corrected chi connectivity index (χ0v) is 8.51. The Bertz CT molecular complexity index is 434. The molecule has 1 aromatic rings. The van der Waals surface area contributed by atoms with Gasteiger partial charge < -0.3 is 9.73 Å². The molecule has 14 heavy (non-hydrogen) atoms. The van der Waals surface area contributed by atoms with E-state index in [4.69, 9.17) is 4.42 Å². The summed E-state index contributed by atoms with van der Waals surface area (Å²) >= 11 is 0. The number of nitrogens with one attached hydrogen (secondary N) is 2. The first-order valence-electron chi connectivity index (χ1n) is 3.76. The monoisotopic (exact) mass is 218 g/mol. The van der Waals surface area contributed by atoms with Crippen molar-refractivity contribution in [2.75, 3.05) is 14.1 Å². The highest BCUT2D eigenvalue weighted by Crippen LogP contribution is 2.12. The molecule has 2 N–H and O–H groups in total. The van der Waals surface area contributed by atoms with E-state index in [1.807, 2.05) is 0 Å². The van der Waals surface area contributed by atoms with Gasteiger partial charge in [-0.05, 0) is 19.2 Å². The highest BCUT2D eigenvalue weighted by atomic mass is 32.2. The third kappa shape index (κ3) is 1.94. The summed E-state index contributed by atoms with van der Waals surface area (Å²) in [6.45, 7) is 0. The standard InChI is InChI=1S/C7H10N2O4S/c1-8-7(10)5-3-4-6(13-5)14(11,12)9-2/h3-4,9H,1-2H3,(H,8,10). The molecule has 0 spiro atoms. The van der Waals surface area contributed by atoms with E-state index in [9.17, 15) is 13.2 Å². The molecule has 0 bridgehead atoms. The average Bonchev–Trinajstić information content (AvgIpc) is 2.66. The number of furan rings is 1. The summed E-state index contributed by atoms with van der Waals surface area (Å²) in [6.07, 6.45) is 0. The van der Waals surface area contributed by atoms with Crippen LogP contribution in [-0.4, -0.2) is 28.4 Å². The Kier molecular flexibility index (Phi) is 2.92. The second-order valence-corrected chi connectivity index (χ2v) is 4.22. The number of hydrogen-bond donors (Lipinski definition) is 2. The largest absolute Gasteiger partial charge is 0.438 e. The molecule has 0 unspecified atom stereocenters. The number of hydrogen-bond acceptors (Lipinski definition) is 4. The van der Waals surface area contributed by atoms with E-state index in [-0.39, 0.29) is 10.9 Å². The van der Waals surface area contributed by atoms with Crippen LogP contribution in [-0.2, 0) is 10.0 Å². The van der Waals surface area contributed by atoms with Crippen LogP contribution in [0.5, 0.6) is 0 Å². The number of amides is 1. The molecule has 0 fully saturated rings. The summed E-state index contributed by atoms with van der Waals surface area (Å²) < 4.78 is 29.3. The number of carbonyl (C=O) groups is 1. The lowest BCUT2D eigenvalue weighted by Crippen LogP contribution is -2.19. The first kappa shape index (κ1) is 10.7. The fourth-order valence-electron chi connectivity index (χ4n) is 0.810. The van der Waals surface area contributed by atoms with Crippen LogP contribution < -0.4 is 10.0 Å². The van der Waals surface area contributed by atoms with Gasteiger partial charge in [-0.2, -0.15) is 0 Å². The maximum atomic E-state index is 11.2. The normalized spacial score (nSPS) is 11.3. The fraction of sp³-hybridized carbons (Fsp3) is 0.286.